The van der Waals surface area contributed by atoms with E-state index in [1.54, 1.807) is 10.5 Å². The lowest BCUT2D eigenvalue weighted by Crippen LogP contribution is -2.35. The minimum absolute atomic E-state index is 0.0562. The van der Waals surface area contributed by atoms with Crippen LogP contribution in [-0.2, 0) is 9.53 Å². The van der Waals surface area contributed by atoms with E-state index in [0.29, 0.717) is 11.5 Å². The minimum atomic E-state index is -0.503. The van der Waals surface area contributed by atoms with Gasteiger partial charge in [-0.15, -0.1) is 10.2 Å². The highest BCUT2D eigenvalue weighted by atomic mass is 19.1. The number of fused-ring (bicyclic) bond motifs is 1. The van der Waals surface area contributed by atoms with Crippen LogP contribution in [0.4, 0.5) is 4.39 Å². The zero-order valence-corrected chi connectivity index (χ0v) is 13.6. The lowest BCUT2D eigenvalue weighted by molar-refractivity contribution is -0.156. The number of aromatic nitrogens is 3. The molecule has 1 fully saturated rings. The van der Waals surface area contributed by atoms with Crippen LogP contribution in [-0.4, -0.2) is 44.2 Å². The van der Waals surface area contributed by atoms with Gasteiger partial charge in [0.25, 0.3) is 0 Å². The van der Waals surface area contributed by atoms with Crippen molar-refractivity contribution in [3.05, 3.63) is 30.0 Å². The molecule has 0 radical (unpaired) electrons. The maximum Gasteiger partial charge on any atom is 0.320 e. The van der Waals surface area contributed by atoms with E-state index in [1.807, 2.05) is 25.7 Å². The van der Waals surface area contributed by atoms with E-state index >= 15 is 0 Å². The Bertz CT molecular complexity index is 722. The SMILES string of the molecule is CC(C)(C)OC(=O)CN1CCC[C@H]1c1nnc2ccc(F)cn12. The number of nitrogens with zero attached hydrogens (tertiary/aromatic N) is 4. The van der Waals surface area contributed by atoms with Crippen molar-refractivity contribution >= 4 is 11.6 Å². The molecule has 0 bridgehead atoms. The first-order valence-electron chi connectivity index (χ1n) is 7.79. The van der Waals surface area contributed by atoms with Crippen LogP contribution in [0.25, 0.3) is 5.65 Å². The Morgan fingerprint density at radius 3 is 2.91 bits per heavy atom. The summed E-state index contributed by atoms with van der Waals surface area (Å²) in [6.07, 6.45) is 3.20. The predicted molar refractivity (Wildman–Crippen MR) is 82.3 cm³/mol. The van der Waals surface area contributed by atoms with Crippen LogP contribution >= 0.6 is 0 Å². The van der Waals surface area contributed by atoms with Crippen LogP contribution in [0.3, 0.4) is 0 Å². The summed E-state index contributed by atoms with van der Waals surface area (Å²) in [4.78, 5) is 14.1. The molecule has 0 unspecified atom stereocenters. The Hall–Kier alpha value is -2.02. The molecule has 0 aliphatic carbocycles. The van der Waals surface area contributed by atoms with Crippen molar-refractivity contribution in [2.75, 3.05) is 13.1 Å². The largest absolute Gasteiger partial charge is 0.459 e. The third-order valence-corrected chi connectivity index (χ3v) is 3.81. The van der Waals surface area contributed by atoms with Crippen LogP contribution in [0.15, 0.2) is 18.3 Å². The maximum atomic E-state index is 13.5. The fourth-order valence-corrected chi connectivity index (χ4v) is 2.96. The summed E-state index contributed by atoms with van der Waals surface area (Å²) >= 11 is 0. The molecule has 0 spiro atoms. The van der Waals surface area contributed by atoms with Gasteiger partial charge >= 0.3 is 5.97 Å². The highest BCUT2D eigenvalue weighted by Crippen LogP contribution is 2.31. The van der Waals surface area contributed by atoms with Crippen LogP contribution in [0, 0.1) is 5.82 Å². The van der Waals surface area contributed by atoms with E-state index in [0.717, 1.165) is 19.4 Å². The van der Waals surface area contributed by atoms with Crippen molar-refractivity contribution in [3.8, 4) is 0 Å². The van der Waals surface area contributed by atoms with Crippen molar-refractivity contribution in [3.63, 3.8) is 0 Å². The number of halogens is 1. The van der Waals surface area contributed by atoms with Crippen molar-refractivity contribution in [2.24, 2.45) is 0 Å². The molecule has 1 saturated heterocycles. The van der Waals surface area contributed by atoms with E-state index in [4.69, 9.17) is 4.74 Å². The third kappa shape index (κ3) is 3.50. The van der Waals surface area contributed by atoms with Crippen LogP contribution < -0.4 is 0 Å². The highest BCUT2D eigenvalue weighted by Gasteiger charge is 2.32. The zero-order valence-electron chi connectivity index (χ0n) is 13.6. The Morgan fingerprint density at radius 2 is 2.17 bits per heavy atom. The molecule has 3 heterocycles. The molecule has 2 aromatic rings. The third-order valence-electron chi connectivity index (χ3n) is 3.81. The van der Waals surface area contributed by atoms with Gasteiger partial charge in [-0.3, -0.25) is 14.1 Å². The molecule has 7 heteroatoms. The monoisotopic (exact) mass is 320 g/mol. The Balaban J connectivity index is 1.81. The zero-order chi connectivity index (χ0) is 16.6. The number of rotatable bonds is 3. The normalized spacial score (nSPS) is 19.4. The first-order valence-corrected chi connectivity index (χ1v) is 7.79. The summed E-state index contributed by atoms with van der Waals surface area (Å²) in [7, 11) is 0. The Morgan fingerprint density at radius 1 is 1.39 bits per heavy atom. The van der Waals surface area contributed by atoms with E-state index in [2.05, 4.69) is 10.2 Å². The predicted octanol–water partition coefficient (Wildman–Crippen LogP) is 2.35. The second-order valence-corrected chi connectivity index (χ2v) is 6.85. The van der Waals surface area contributed by atoms with Crippen LogP contribution in [0.5, 0.6) is 0 Å². The average molecular weight is 320 g/mol. The van der Waals surface area contributed by atoms with Crippen molar-refractivity contribution in [1.29, 1.82) is 0 Å². The first-order chi connectivity index (χ1) is 10.8. The summed E-state index contributed by atoms with van der Waals surface area (Å²) in [5.41, 5.74) is 0.0993. The van der Waals surface area contributed by atoms with Gasteiger partial charge < -0.3 is 4.74 Å². The number of hydrogen-bond donors (Lipinski definition) is 0. The number of esters is 1. The smallest absolute Gasteiger partial charge is 0.320 e. The fourth-order valence-electron chi connectivity index (χ4n) is 2.96. The van der Waals surface area contributed by atoms with Gasteiger partial charge in [-0.1, -0.05) is 0 Å². The summed E-state index contributed by atoms with van der Waals surface area (Å²) in [6, 6.07) is 2.90. The molecule has 1 aliphatic heterocycles. The maximum absolute atomic E-state index is 13.5. The number of likely N-dealkylation sites (tertiary alicyclic amines) is 1. The second-order valence-electron chi connectivity index (χ2n) is 6.85. The number of ether oxygens (including phenoxy) is 1. The Kier molecular flexibility index (Phi) is 4.06. The molecular weight excluding hydrogens is 299 g/mol. The molecule has 2 aromatic heterocycles. The van der Waals surface area contributed by atoms with Gasteiger partial charge in [0.1, 0.15) is 11.4 Å². The quantitative estimate of drug-likeness (QED) is 0.813. The fraction of sp³-hybridized carbons (Fsp3) is 0.562. The van der Waals surface area contributed by atoms with Crippen molar-refractivity contribution in [1.82, 2.24) is 19.5 Å². The minimum Gasteiger partial charge on any atom is -0.459 e. The van der Waals surface area contributed by atoms with E-state index in [9.17, 15) is 9.18 Å². The first kappa shape index (κ1) is 15.9. The molecule has 0 saturated carbocycles. The van der Waals surface area contributed by atoms with E-state index in [1.165, 1.54) is 12.3 Å². The van der Waals surface area contributed by atoms with Gasteiger partial charge in [0, 0.05) is 6.20 Å². The van der Waals surface area contributed by atoms with Crippen molar-refractivity contribution < 1.29 is 13.9 Å². The van der Waals surface area contributed by atoms with E-state index in [-0.39, 0.29) is 24.4 Å². The molecule has 3 rings (SSSR count). The lowest BCUT2D eigenvalue weighted by atomic mass is 10.2. The topological polar surface area (TPSA) is 59.7 Å². The van der Waals surface area contributed by atoms with Gasteiger partial charge in [-0.2, -0.15) is 0 Å². The van der Waals surface area contributed by atoms with Gasteiger partial charge in [-0.25, -0.2) is 4.39 Å². The van der Waals surface area contributed by atoms with Crippen LogP contribution in [0.1, 0.15) is 45.5 Å². The standard InChI is InChI=1S/C16H21FN4O2/c1-16(2,3)23-14(22)10-20-8-4-5-12(20)15-19-18-13-7-6-11(17)9-21(13)15/h6-7,9,12H,4-5,8,10H2,1-3H3/t12-/m0/s1. The summed E-state index contributed by atoms with van der Waals surface area (Å²) in [5, 5.41) is 8.28. The summed E-state index contributed by atoms with van der Waals surface area (Å²) in [6.45, 7) is 6.53. The number of hydrogen-bond acceptors (Lipinski definition) is 5. The Labute approximate surface area is 134 Å². The number of carbonyl (C=O) groups is 1. The molecule has 0 N–H and O–H groups in total. The molecule has 124 valence electrons. The molecule has 6 nitrogen and oxygen atoms in total. The highest BCUT2D eigenvalue weighted by molar-refractivity contribution is 5.72. The number of pyridine rings is 1. The molecular formula is C16H21FN4O2. The van der Waals surface area contributed by atoms with Gasteiger partial charge in [0.2, 0.25) is 0 Å². The summed E-state index contributed by atoms with van der Waals surface area (Å²) < 4.78 is 20.6. The molecule has 0 amide bonds. The van der Waals surface area contributed by atoms with Gasteiger partial charge in [0.15, 0.2) is 11.5 Å². The van der Waals surface area contributed by atoms with Gasteiger partial charge in [-0.05, 0) is 52.3 Å². The van der Waals surface area contributed by atoms with Crippen molar-refractivity contribution in [2.45, 2.75) is 45.3 Å². The molecule has 1 atom stereocenters. The summed E-state index contributed by atoms with van der Waals surface area (Å²) in [5.74, 6) is 0.0696. The van der Waals surface area contributed by atoms with E-state index < -0.39 is 5.60 Å². The average Bonchev–Trinajstić information content (AvgIpc) is 3.02. The second kappa shape index (κ2) is 5.88. The molecule has 1 aliphatic rings. The lowest BCUT2D eigenvalue weighted by Gasteiger charge is -2.25. The molecule has 0 aromatic carbocycles. The number of carbonyl (C=O) groups excluding carboxylic acids is 1. The van der Waals surface area contributed by atoms with Crippen LogP contribution in [0.2, 0.25) is 0 Å². The molecule has 23 heavy (non-hydrogen) atoms. The van der Waals surface area contributed by atoms with Gasteiger partial charge in [0.05, 0.1) is 12.6 Å².